The molecule has 2 rings (SSSR count). The van der Waals surface area contributed by atoms with E-state index in [9.17, 15) is 0 Å². The number of nitrogens with one attached hydrogen (secondary N) is 1. The number of anilines is 1. The van der Waals surface area contributed by atoms with Crippen molar-refractivity contribution in [3.05, 3.63) is 18.1 Å². The maximum Gasteiger partial charge on any atom is 0.147 e. The first kappa shape index (κ1) is 12.3. The van der Waals surface area contributed by atoms with E-state index in [4.69, 9.17) is 0 Å². The molecule has 1 N–H and O–H groups in total. The van der Waals surface area contributed by atoms with Gasteiger partial charge in [0.25, 0.3) is 0 Å². The topological polar surface area (TPSA) is 37.8 Å². The van der Waals surface area contributed by atoms with Crippen LogP contribution < -0.4 is 5.32 Å². The van der Waals surface area contributed by atoms with Crippen molar-refractivity contribution >= 4 is 5.82 Å². The van der Waals surface area contributed by atoms with E-state index in [1.54, 1.807) is 12.4 Å². The molecule has 0 bridgehead atoms. The molecule has 1 aliphatic rings. The Hall–Kier alpha value is -1.12. The fourth-order valence-corrected chi connectivity index (χ4v) is 2.86. The highest BCUT2D eigenvalue weighted by atomic mass is 15.0. The van der Waals surface area contributed by atoms with Gasteiger partial charge in [0.05, 0.1) is 5.69 Å². The zero-order chi connectivity index (χ0) is 12.3. The molecule has 0 radical (unpaired) electrons. The molecule has 3 nitrogen and oxygen atoms in total. The summed E-state index contributed by atoms with van der Waals surface area (Å²) in [6.07, 6.45) is 8.83. The van der Waals surface area contributed by atoms with Gasteiger partial charge >= 0.3 is 0 Å². The van der Waals surface area contributed by atoms with Crippen molar-refractivity contribution in [1.82, 2.24) is 9.97 Å². The quantitative estimate of drug-likeness (QED) is 0.869. The first-order valence-corrected chi connectivity index (χ1v) is 6.72. The Balaban J connectivity index is 2.08. The van der Waals surface area contributed by atoms with Gasteiger partial charge in [-0.15, -0.1) is 0 Å². The highest BCUT2D eigenvalue weighted by Gasteiger charge is 2.27. The third-order valence-corrected chi connectivity index (χ3v) is 3.88. The molecule has 0 amide bonds. The summed E-state index contributed by atoms with van der Waals surface area (Å²) >= 11 is 0. The molecule has 2 unspecified atom stereocenters. The lowest BCUT2D eigenvalue weighted by Crippen LogP contribution is -2.35. The van der Waals surface area contributed by atoms with Crippen molar-refractivity contribution in [2.24, 2.45) is 11.8 Å². The standard InChI is InChI=1S/C14H23N3/c1-10(2)12-6-4-5-7-13(12)17-14-11(3)15-8-9-16-14/h8-10,12-13H,4-7H2,1-3H3,(H,16,17). The van der Waals surface area contributed by atoms with E-state index >= 15 is 0 Å². The summed E-state index contributed by atoms with van der Waals surface area (Å²) in [5.74, 6) is 2.47. The van der Waals surface area contributed by atoms with E-state index in [1.807, 2.05) is 6.92 Å². The zero-order valence-electron chi connectivity index (χ0n) is 11.1. The van der Waals surface area contributed by atoms with E-state index in [-0.39, 0.29) is 0 Å². The molecule has 1 fully saturated rings. The van der Waals surface area contributed by atoms with Crippen LogP contribution in [0.15, 0.2) is 12.4 Å². The van der Waals surface area contributed by atoms with Crippen LogP contribution in [0, 0.1) is 18.8 Å². The molecule has 1 aliphatic carbocycles. The summed E-state index contributed by atoms with van der Waals surface area (Å²) < 4.78 is 0. The molecular formula is C14H23N3. The lowest BCUT2D eigenvalue weighted by molar-refractivity contribution is 0.253. The van der Waals surface area contributed by atoms with Crippen molar-refractivity contribution in [1.29, 1.82) is 0 Å². The fourth-order valence-electron chi connectivity index (χ4n) is 2.86. The SMILES string of the molecule is Cc1nccnc1NC1CCCCC1C(C)C. The maximum atomic E-state index is 4.39. The molecule has 2 atom stereocenters. The van der Waals surface area contributed by atoms with Crippen molar-refractivity contribution in [2.45, 2.75) is 52.5 Å². The third kappa shape index (κ3) is 2.96. The third-order valence-electron chi connectivity index (χ3n) is 3.88. The van der Waals surface area contributed by atoms with Gasteiger partial charge in [-0.05, 0) is 31.6 Å². The summed E-state index contributed by atoms with van der Waals surface area (Å²) in [4.78, 5) is 8.68. The second-order valence-corrected chi connectivity index (χ2v) is 5.43. The zero-order valence-corrected chi connectivity index (χ0v) is 11.1. The minimum atomic E-state index is 0.569. The molecule has 1 aromatic rings. The maximum absolute atomic E-state index is 4.39. The molecule has 1 aromatic heterocycles. The van der Waals surface area contributed by atoms with E-state index in [2.05, 4.69) is 29.1 Å². The van der Waals surface area contributed by atoms with Crippen molar-refractivity contribution < 1.29 is 0 Å². The van der Waals surface area contributed by atoms with Gasteiger partial charge in [0.1, 0.15) is 5.82 Å². The Kier molecular flexibility index (Phi) is 3.97. The van der Waals surface area contributed by atoms with Gasteiger partial charge < -0.3 is 5.32 Å². The number of aromatic nitrogens is 2. The second kappa shape index (κ2) is 5.48. The van der Waals surface area contributed by atoms with Crippen molar-refractivity contribution in [3.8, 4) is 0 Å². The molecule has 94 valence electrons. The summed E-state index contributed by atoms with van der Waals surface area (Å²) in [6.45, 7) is 6.67. The highest BCUT2D eigenvalue weighted by Crippen LogP contribution is 2.32. The summed E-state index contributed by atoms with van der Waals surface area (Å²) in [5.41, 5.74) is 1.00. The summed E-state index contributed by atoms with van der Waals surface area (Å²) in [5, 5.41) is 3.61. The van der Waals surface area contributed by atoms with Gasteiger partial charge in [0.2, 0.25) is 0 Å². The Morgan fingerprint density at radius 1 is 1.18 bits per heavy atom. The van der Waals surface area contributed by atoms with Crippen LogP contribution in [-0.2, 0) is 0 Å². The highest BCUT2D eigenvalue weighted by molar-refractivity contribution is 5.39. The molecule has 3 heteroatoms. The number of nitrogens with zero attached hydrogens (tertiary/aromatic N) is 2. The average molecular weight is 233 g/mol. The molecule has 0 saturated heterocycles. The van der Waals surface area contributed by atoms with Gasteiger partial charge in [0.15, 0.2) is 0 Å². The van der Waals surface area contributed by atoms with E-state index in [0.29, 0.717) is 6.04 Å². The van der Waals surface area contributed by atoms with Crippen LogP contribution in [0.2, 0.25) is 0 Å². The first-order chi connectivity index (χ1) is 8.18. The Morgan fingerprint density at radius 3 is 2.59 bits per heavy atom. The minimum absolute atomic E-state index is 0.569. The van der Waals surface area contributed by atoms with Gasteiger partial charge in [0, 0.05) is 18.4 Å². The van der Waals surface area contributed by atoms with Gasteiger partial charge in [-0.3, -0.25) is 4.98 Å². The normalized spacial score (nSPS) is 24.9. The minimum Gasteiger partial charge on any atom is -0.366 e. The molecular weight excluding hydrogens is 210 g/mol. The molecule has 1 heterocycles. The molecule has 0 aliphatic heterocycles. The number of hydrogen-bond donors (Lipinski definition) is 1. The lowest BCUT2D eigenvalue weighted by Gasteiger charge is -2.35. The number of aryl methyl sites for hydroxylation is 1. The van der Waals surface area contributed by atoms with Crippen molar-refractivity contribution in [3.63, 3.8) is 0 Å². The monoisotopic (exact) mass is 233 g/mol. The van der Waals surface area contributed by atoms with E-state index in [1.165, 1.54) is 25.7 Å². The van der Waals surface area contributed by atoms with Crippen LogP contribution in [0.1, 0.15) is 45.2 Å². The predicted molar refractivity (Wildman–Crippen MR) is 71.0 cm³/mol. The molecule has 0 spiro atoms. The van der Waals surface area contributed by atoms with Crippen LogP contribution >= 0.6 is 0 Å². The fraction of sp³-hybridized carbons (Fsp3) is 0.714. The van der Waals surface area contributed by atoms with Gasteiger partial charge in [-0.25, -0.2) is 4.98 Å². The van der Waals surface area contributed by atoms with Crippen LogP contribution in [0.25, 0.3) is 0 Å². The molecule has 0 aromatic carbocycles. The van der Waals surface area contributed by atoms with Crippen LogP contribution in [-0.4, -0.2) is 16.0 Å². The average Bonchev–Trinajstić information content (AvgIpc) is 2.32. The van der Waals surface area contributed by atoms with E-state index < -0.39 is 0 Å². The molecule has 17 heavy (non-hydrogen) atoms. The summed E-state index contributed by atoms with van der Waals surface area (Å²) in [6, 6.07) is 0.569. The number of hydrogen-bond acceptors (Lipinski definition) is 3. The number of rotatable bonds is 3. The summed E-state index contributed by atoms with van der Waals surface area (Å²) in [7, 11) is 0. The van der Waals surface area contributed by atoms with Gasteiger partial charge in [-0.2, -0.15) is 0 Å². The second-order valence-electron chi connectivity index (χ2n) is 5.43. The van der Waals surface area contributed by atoms with Crippen molar-refractivity contribution in [2.75, 3.05) is 5.32 Å². The first-order valence-electron chi connectivity index (χ1n) is 6.72. The Morgan fingerprint density at radius 2 is 1.88 bits per heavy atom. The lowest BCUT2D eigenvalue weighted by atomic mass is 9.78. The smallest absolute Gasteiger partial charge is 0.147 e. The Labute approximate surface area is 104 Å². The Bertz CT molecular complexity index is 362. The largest absolute Gasteiger partial charge is 0.366 e. The predicted octanol–water partition coefficient (Wildman–Crippen LogP) is 3.41. The van der Waals surface area contributed by atoms with Crippen LogP contribution in [0.5, 0.6) is 0 Å². The van der Waals surface area contributed by atoms with Crippen LogP contribution in [0.4, 0.5) is 5.82 Å². The molecule has 1 saturated carbocycles. The van der Waals surface area contributed by atoms with Gasteiger partial charge in [-0.1, -0.05) is 26.7 Å². The van der Waals surface area contributed by atoms with E-state index in [0.717, 1.165) is 23.3 Å². The van der Waals surface area contributed by atoms with Crippen LogP contribution in [0.3, 0.4) is 0 Å².